The predicted octanol–water partition coefficient (Wildman–Crippen LogP) is 1.52. The molecular weight excluding hydrogens is 138 g/mol. The summed E-state index contributed by atoms with van der Waals surface area (Å²) in [5.41, 5.74) is 2.48. The summed E-state index contributed by atoms with van der Waals surface area (Å²) < 4.78 is 7.19. The molecule has 0 aromatic heterocycles. The lowest BCUT2D eigenvalue weighted by Gasteiger charge is -2.08. The largest absolute Gasteiger partial charge is 0.445 e. The molecule has 0 amide bonds. The summed E-state index contributed by atoms with van der Waals surface area (Å²) >= 11 is 0. The van der Waals surface area contributed by atoms with E-state index in [9.17, 15) is 0 Å². The van der Waals surface area contributed by atoms with Gasteiger partial charge < -0.3 is 4.74 Å². The Balaban J connectivity index is 2.56. The Labute approximate surface area is 65.7 Å². The zero-order valence-corrected chi connectivity index (χ0v) is 6.45. The lowest BCUT2D eigenvalue weighted by atomic mass is 10.2. The first kappa shape index (κ1) is 6.40. The average molecular weight is 148 g/mol. The second-order valence-electron chi connectivity index (χ2n) is 2.66. The van der Waals surface area contributed by atoms with Gasteiger partial charge in [0.2, 0.25) is 5.69 Å². The maximum absolute atomic E-state index is 5.21. The Hall–Kier alpha value is -1.31. The van der Waals surface area contributed by atoms with Crippen LogP contribution in [0.5, 0.6) is 0 Å². The molecule has 2 rings (SSSR count). The molecule has 0 radical (unpaired) electrons. The third kappa shape index (κ3) is 1.00. The highest BCUT2D eigenvalue weighted by Crippen LogP contribution is 2.20. The molecule has 1 heterocycles. The van der Waals surface area contributed by atoms with Crippen LogP contribution < -0.4 is 0 Å². The van der Waals surface area contributed by atoms with Crippen molar-refractivity contribution in [1.82, 2.24) is 0 Å². The number of fused-ring (bicyclic) bond motifs is 1. The molecule has 2 nitrogen and oxygen atoms in total. The van der Waals surface area contributed by atoms with E-state index in [1.165, 1.54) is 11.3 Å². The van der Waals surface area contributed by atoms with Gasteiger partial charge in [0.1, 0.15) is 13.7 Å². The second kappa shape index (κ2) is 2.38. The van der Waals surface area contributed by atoms with E-state index in [2.05, 4.69) is 12.1 Å². The van der Waals surface area contributed by atoms with E-state index in [1.54, 1.807) is 6.40 Å². The minimum atomic E-state index is 0.695. The van der Waals surface area contributed by atoms with Crippen LogP contribution in [0.4, 0.5) is 5.69 Å². The van der Waals surface area contributed by atoms with Gasteiger partial charge in [-0.3, -0.25) is 0 Å². The Morgan fingerprint density at radius 1 is 1.36 bits per heavy atom. The summed E-state index contributed by atoms with van der Waals surface area (Å²) in [5.74, 6) is 0. The minimum absolute atomic E-state index is 0.695. The molecule has 1 aliphatic heterocycles. The Kier molecular flexibility index (Phi) is 1.39. The predicted molar refractivity (Wildman–Crippen MR) is 43.1 cm³/mol. The van der Waals surface area contributed by atoms with Crippen molar-refractivity contribution in [2.45, 2.75) is 6.61 Å². The molecule has 0 unspecified atom stereocenters. The van der Waals surface area contributed by atoms with Crippen molar-refractivity contribution in [3.8, 4) is 0 Å². The molecule has 0 saturated carbocycles. The van der Waals surface area contributed by atoms with E-state index in [-0.39, 0.29) is 0 Å². The van der Waals surface area contributed by atoms with Crippen molar-refractivity contribution in [3.05, 3.63) is 29.8 Å². The van der Waals surface area contributed by atoms with Crippen LogP contribution in [-0.2, 0) is 11.3 Å². The summed E-state index contributed by atoms with van der Waals surface area (Å²) in [4.78, 5) is 0. The van der Waals surface area contributed by atoms with E-state index in [0.29, 0.717) is 6.61 Å². The van der Waals surface area contributed by atoms with E-state index in [4.69, 9.17) is 4.74 Å². The van der Waals surface area contributed by atoms with Crippen molar-refractivity contribution in [3.63, 3.8) is 0 Å². The van der Waals surface area contributed by atoms with Gasteiger partial charge in [0.05, 0.1) is 5.56 Å². The van der Waals surface area contributed by atoms with Crippen LogP contribution >= 0.6 is 0 Å². The van der Waals surface area contributed by atoms with Crippen molar-refractivity contribution in [2.24, 2.45) is 0 Å². The van der Waals surface area contributed by atoms with E-state index >= 15 is 0 Å². The highest BCUT2D eigenvalue weighted by molar-refractivity contribution is 5.51. The fourth-order valence-corrected chi connectivity index (χ4v) is 1.27. The third-order valence-corrected chi connectivity index (χ3v) is 1.84. The summed E-state index contributed by atoms with van der Waals surface area (Å²) in [7, 11) is 1.98. The van der Waals surface area contributed by atoms with Crippen LogP contribution in [0, 0.1) is 0 Å². The molecule has 56 valence electrons. The van der Waals surface area contributed by atoms with Gasteiger partial charge in [-0.15, -0.1) is 0 Å². The fraction of sp³-hybridized carbons (Fsp3) is 0.222. The quantitative estimate of drug-likeness (QED) is 0.508. The number of ether oxygens (including phenoxy) is 1. The summed E-state index contributed by atoms with van der Waals surface area (Å²) in [6.07, 6.45) is 1.74. The Morgan fingerprint density at radius 3 is 3.00 bits per heavy atom. The zero-order valence-electron chi connectivity index (χ0n) is 6.45. The minimum Gasteiger partial charge on any atom is -0.445 e. The van der Waals surface area contributed by atoms with Gasteiger partial charge in [-0.1, -0.05) is 12.1 Å². The molecular formula is C9H10NO+. The van der Waals surface area contributed by atoms with E-state index in [0.717, 1.165) is 0 Å². The summed E-state index contributed by atoms with van der Waals surface area (Å²) in [5, 5.41) is 0. The maximum atomic E-state index is 5.21. The van der Waals surface area contributed by atoms with E-state index in [1.807, 2.05) is 23.8 Å². The number of rotatable bonds is 0. The van der Waals surface area contributed by atoms with Crippen LogP contribution in [0.15, 0.2) is 24.3 Å². The molecule has 0 fully saturated rings. The van der Waals surface area contributed by atoms with Crippen molar-refractivity contribution in [1.29, 1.82) is 0 Å². The number of hydrogen-bond donors (Lipinski definition) is 0. The summed E-state index contributed by atoms with van der Waals surface area (Å²) in [6, 6.07) is 8.24. The number of para-hydroxylation sites is 1. The molecule has 0 N–H and O–H groups in total. The SMILES string of the molecule is C[N+]1=COCc2ccccc21. The second-order valence-corrected chi connectivity index (χ2v) is 2.66. The molecule has 0 aliphatic carbocycles. The topological polar surface area (TPSA) is 12.2 Å². The van der Waals surface area contributed by atoms with Crippen LogP contribution in [0.25, 0.3) is 0 Å². The van der Waals surface area contributed by atoms with Gasteiger partial charge >= 0.3 is 6.40 Å². The van der Waals surface area contributed by atoms with Gasteiger partial charge in [-0.05, 0) is 6.07 Å². The van der Waals surface area contributed by atoms with Crippen LogP contribution in [-0.4, -0.2) is 18.0 Å². The van der Waals surface area contributed by atoms with Gasteiger partial charge in [0, 0.05) is 6.07 Å². The molecule has 2 heteroatoms. The van der Waals surface area contributed by atoms with Crippen molar-refractivity contribution in [2.75, 3.05) is 7.05 Å². The third-order valence-electron chi connectivity index (χ3n) is 1.84. The van der Waals surface area contributed by atoms with Crippen molar-refractivity contribution < 1.29 is 9.31 Å². The number of benzene rings is 1. The first-order valence-electron chi connectivity index (χ1n) is 3.63. The Bertz CT molecular complexity index is 304. The zero-order chi connectivity index (χ0) is 7.68. The van der Waals surface area contributed by atoms with Gasteiger partial charge in [0.15, 0.2) is 0 Å². The lowest BCUT2D eigenvalue weighted by Crippen LogP contribution is -2.11. The molecule has 0 saturated heterocycles. The van der Waals surface area contributed by atoms with Gasteiger partial charge in [-0.25, -0.2) is 0 Å². The first-order valence-corrected chi connectivity index (χ1v) is 3.63. The lowest BCUT2D eigenvalue weighted by molar-refractivity contribution is -0.415. The van der Waals surface area contributed by atoms with Gasteiger partial charge in [0.25, 0.3) is 0 Å². The highest BCUT2D eigenvalue weighted by atomic mass is 16.5. The Morgan fingerprint density at radius 2 is 2.18 bits per heavy atom. The number of nitrogens with zero attached hydrogens (tertiary/aromatic N) is 1. The molecule has 1 aromatic carbocycles. The van der Waals surface area contributed by atoms with Crippen LogP contribution in [0.2, 0.25) is 0 Å². The standard InChI is InChI=1S/C9H10NO/c1-10-7-11-6-8-4-2-3-5-9(8)10/h2-5,7H,6H2,1H3/q+1. The molecule has 0 atom stereocenters. The smallest absolute Gasteiger partial charge is 0.329 e. The molecule has 1 aliphatic rings. The normalized spacial score (nSPS) is 14.8. The fourth-order valence-electron chi connectivity index (χ4n) is 1.27. The van der Waals surface area contributed by atoms with E-state index < -0.39 is 0 Å². The molecule has 0 bridgehead atoms. The van der Waals surface area contributed by atoms with Crippen molar-refractivity contribution >= 4 is 12.1 Å². The average Bonchev–Trinajstić information content (AvgIpc) is 2.06. The molecule has 11 heavy (non-hydrogen) atoms. The van der Waals surface area contributed by atoms with Crippen LogP contribution in [0.3, 0.4) is 0 Å². The maximum Gasteiger partial charge on any atom is 0.329 e. The molecule has 0 spiro atoms. The highest BCUT2D eigenvalue weighted by Gasteiger charge is 2.14. The monoisotopic (exact) mass is 148 g/mol. The van der Waals surface area contributed by atoms with Gasteiger partial charge in [-0.2, -0.15) is 4.58 Å². The molecule has 1 aromatic rings. The number of hydrogen-bond acceptors (Lipinski definition) is 1. The first-order chi connectivity index (χ1) is 5.38. The van der Waals surface area contributed by atoms with Crippen LogP contribution in [0.1, 0.15) is 5.56 Å². The summed E-state index contributed by atoms with van der Waals surface area (Å²) in [6.45, 7) is 0.695.